The minimum absolute atomic E-state index is 0.0771. The van der Waals surface area contributed by atoms with Crippen molar-refractivity contribution >= 4 is 35.0 Å². The van der Waals surface area contributed by atoms with Crippen molar-refractivity contribution in [1.82, 2.24) is 14.8 Å². The van der Waals surface area contributed by atoms with Gasteiger partial charge in [0.1, 0.15) is 0 Å². The van der Waals surface area contributed by atoms with E-state index in [4.69, 9.17) is 11.6 Å². The zero-order chi connectivity index (χ0) is 18.5. The molecule has 134 valence electrons. The summed E-state index contributed by atoms with van der Waals surface area (Å²) < 4.78 is 1.99. The molecule has 0 radical (unpaired) electrons. The van der Waals surface area contributed by atoms with Crippen molar-refractivity contribution in [2.45, 2.75) is 25.5 Å². The molecule has 0 spiro atoms. The van der Waals surface area contributed by atoms with E-state index in [0.717, 1.165) is 22.6 Å². The van der Waals surface area contributed by atoms with Gasteiger partial charge in [-0.3, -0.25) is 4.79 Å². The molecule has 3 aromatic rings. The highest BCUT2D eigenvalue weighted by atomic mass is 35.5. The predicted molar refractivity (Wildman–Crippen MR) is 107 cm³/mol. The molecule has 0 saturated carbocycles. The number of rotatable bonds is 6. The summed E-state index contributed by atoms with van der Waals surface area (Å²) >= 11 is 7.60. The zero-order valence-corrected chi connectivity index (χ0v) is 16.1. The first-order valence-electron chi connectivity index (χ1n) is 8.26. The van der Waals surface area contributed by atoms with Gasteiger partial charge < -0.3 is 9.88 Å². The molecule has 0 aliphatic carbocycles. The van der Waals surface area contributed by atoms with Gasteiger partial charge in [-0.05, 0) is 37.6 Å². The molecule has 1 aromatic heterocycles. The lowest BCUT2D eigenvalue weighted by Crippen LogP contribution is -2.14. The number of halogens is 1. The molecule has 0 saturated heterocycles. The molecule has 0 fully saturated rings. The third-order valence-corrected chi connectivity index (χ3v) is 5.23. The Morgan fingerprint density at radius 2 is 1.96 bits per heavy atom. The summed E-state index contributed by atoms with van der Waals surface area (Å²) in [6.07, 6.45) is 0. The van der Waals surface area contributed by atoms with Crippen LogP contribution in [0.25, 0.3) is 11.4 Å². The number of benzene rings is 2. The summed E-state index contributed by atoms with van der Waals surface area (Å²) in [5.41, 5.74) is 2.71. The third kappa shape index (κ3) is 4.26. The number of amides is 1. The van der Waals surface area contributed by atoms with Crippen molar-refractivity contribution in [3.05, 3.63) is 59.1 Å². The molecule has 1 amide bonds. The lowest BCUT2D eigenvalue weighted by molar-refractivity contribution is -0.113. The van der Waals surface area contributed by atoms with Crippen LogP contribution in [0.3, 0.4) is 0 Å². The quantitative estimate of drug-likeness (QED) is 0.626. The summed E-state index contributed by atoms with van der Waals surface area (Å²) in [5.74, 6) is 0.939. The first-order chi connectivity index (χ1) is 12.6. The number of aromatic nitrogens is 3. The smallest absolute Gasteiger partial charge is 0.234 e. The van der Waals surface area contributed by atoms with Crippen LogP contribution in [-0.2, 0) is 11.3 Å². The highest BCUT2D eigenvalue weighted by Crippen LogP contribution is 2.27. The van der Waals surface area contributed by atoms with E-state index >= 15 is 0 Å². The van der Waals surface area contributed by atoms with Gasteiger partial charge in [0.2, 0.25) is 5.91 Å². The Bertz CT molecular complexity index is 911. The number of thioether (sulfide) groups is 1. The average Bonchev–Trinajstić information content (AvgIpc) is 3.06. The van der Waals surface area contributed by atoms with E-state index in [-0.39, 0.29) is 11.7 Å². The van der Waals surface area contributed by atoms with Gasteiger partial charge in [-0.15, -0.1) is 10.2 Å². The number of hydrogen-bond acceptors (Lipinski definition) is 4. The van der Waals surface area contributed by atoms with Crippen LogP contribution in [0, 0.1) is 6.92 Å². The number of carbonyl (C=O) groups is 1. The topological polar surface area (TPSA) is 59.8 Å². The first kappa shape index (κ1) is 18.5. The molecule has 1 heterocycles. The Labute approximate surface area is 161 Å². The fourth-order valence-electron chi connectivity index (χ4n) is 2.47. The standard InChI is InChI=1S/C19H19ClN4OS/c1-3-24-18(14-10-9-13(2)16(20)11-14)22-23-19(24)26-12-17(25)21-15-7-5-4-6-8-15/h4-11H,3,12H2,1-2H3,(H,21,25). The molecule has 0 bridgehead atoms. The second-order valence-corrected chi connectivity index (χ2v) is 7.07. The molecule has 26 heavy (non-hydrogen) atoms. The summed E-state index contributed by atoms with van der Waals surface area (Å²) in [7, 11) is 0. The van der Waals surface area contributed by atoms with Crippen molar-refractivity contribution in [2.24, 2.45) is 0 Å². The molecule has 5 nitrogen and oxygen atoms in total. The van der Waals surface area contributed by atoms with E-state index in [1.165, 1.54) is 11.8 Å². The Morgan fingerprint density at radius 1 is 1.19 bits per heavy atom. The Balaban J connectivity index is 1.72. The van der Waals surface area contributed by atoms with E-state index < -0.39 is 0 Å². The average molecular weight is 387 g/mol. The van der Waals surface area contributed by atoms with Gasteiger partial charge in [0.15, 0.2) is 11.0 Å². The van der Waals surface area contributed by atoms with Gasteiger partial charge >= 0.3 is 0 Å². The van der Waals surface area contributed by atoms with Gasteiger partial charge in [0.05, 0.1) is 5.75 Å². The van der Waals surface area contributed by atoms with Crippen LogP contribution in [0.4, 0.5) is 5.69 Å². The lowest BCUT2D eigenvalue weighted by Gasteiger charge is -2.08. The van der Waals surface area contributed by atoms with Crippen molar-refractivity contribution < 1.29 is 4.79 Å². The number of para-hydroxylation sites is 1. The molecule has 7 heteroatoms. The van der Waals surface area contributed by atoms with E-state index in [0.29, 0.717) is 16.7 Å². The van der Waals surface area contributed by atoms with Crippen molar-refractivity contribution in [1.29, 1.82) is 0 Å². The number of hydrogen-bond donors (Lipinski definition) is 1. The van der Waals surface area contributed by atoms with Gasteiger partial charge in [-0.1, -0.05) is 53.7 Å². The summed E-state index contributed by atoms with van der Waals surface area (Å²) in [6.45, 7) is 4.69. The molecule has 0 aliphatic rings. The number of nitrogens with one attached hydrogen (secondary N) is 1. The molecule has 0 atom stereocenters. The lowest BCUT2D eigenvalue weighted by atomic mass is 10.1. The van der Waals surface area contributed by atoms with Crippen LogP contribution >= 0.6 is 23.4 Å². The highest BCUT2D eigenvalue weighted by molar-refractivity contribution is 7.99. The molecular formula is C19H19ClN4OS. The van der Waals surface area contributed by atoms with Crippen LogP contribution in [0.15, 0.2) is 53.7 Å². The molecule has 0 unspecified atom stereocenters. The van der Waals surface area contributed by atoms with Crippen molar-refractivity contribution in [3.63, 3.8) is 0 Å². The van der Waals surface area contributed by atoms with E-state index in [9.17, 15) is 4.79 Å². The summed E-state index contributed by atoms with van der Waals surface area (Å²) in [4.78, 5) is 12.1. The van der Waals surface area contributed by atoms with Gasteiger partial charge in [-0.2, -0.15) is 0 Å². The maximum atomic E-state index is 12.1. The van der Waals surface area contributed by atoms with Crippen LogP contribution in [0.2, 0.25) is 5.02 Å². The number of carbonyl (C=O) groups excluding carboxylic acids is 1. The summed E-state index contributed by atoms with van der Waals surface area (Å²) in [5, 5.41) is 12.8. The van der Waals surface area contributed by atoms with Gasteiger partial charge in [-0.25, -0.2) is 0 Å². The minimum Gasteiger partial charge on any atom is -0.325 e. The normalized spacial score (nSPS) is 10.7. The fourth-order valence-corrected chi connectivity index (χ4v) is 3.46. The third-order valence-electron chi connectivity index (χ3n) is 3.85. The maximum Gasteiger partial charge on any atom is 0.234 e. The highest BCUT2D eigenvalue weighted by Gasteiger charge is 2.15. The molecular weight excluding hydrogens is 368 g/mol. The maximum absolute atomic E-state index is 12.1. The van der Waals surface area contributed by atoms with Crippen LogP contribution in [0.1, 0.15) is 12.5 Å². The second-order valence-electron chi connectivity index (χ2n) is 5.72. The van der Waals surface area contributed by atoms with Crippen LogP contribution in [-0.4, -0.2) is 26.4 Å². The Hall–Kier alpha value is -2.31. The van der Waals surface area contributed by atoms with Crippen molar-refractivity contribution in [3.8, 4) is 11.4 Å². The molecule has 3 rings (SSSR count). The largest absolute Gasteiger partial charge is 0.325 e. The van der Waals surface area contributed by atoms with Gasteiger partial charge in [0, 0.05) is 22.8 Å². The van der Waals surface area contributed by atoms with Crippen LogP contribution < -0.4 is 5.32 Å². The number of anilines is 1. The summed E-state index contributed by atoms with van der Waals surface area (Å²) in [6, 6.07) is 15.2. The Morgan fingerprint density at radius 3 is 2.65 bits per heavy atom. The van der Waals surface area contributed by atoms with Crippen LogP contribution in [0.5, 0.6) is 0 Å². The molecule has 1 N–H and O–H groups in total. The Kier molecular flexibility index (Phi) is 5.96. The first-order valence-corrected chi connectivity index (χ1v) is 9.62. The van der Waals surface area contributed by atoms with Gasteiger partial charge in [0.25, 0.3) is 0 Å². The monoisotopic (exact) mass is 386 g/mol. The second kappa shape index (κ2) is 8.38. The van der Waals surface area contributed by atoms with E-state index in [1.54, 1.807) is 0 Å². The van der Waals surface area contributed by atoms with E-state index in [1.807, 2.05) is 66.9 Å². The van der Waals surface area contributed by atoms with E-state index in [2.05, 4.69) is 15.5 Å². The van der Waals surface area contributed by atoms with Crippen molar-refractivity contribution in [2.75, 3.05) is 11.1 Å². The predicted octanol–water partition coefficient (Wildman–Crippen LogP) is 4.66. The minimum atomic E-state index is -0.0771. The fraction of sp³-hybridized carbons (Fsp3) is 0.211. The molecule has 2 aromatic carbocycles. The molecule has 0 aliphatic heterocycles. The number of nitrogens with zero attached hydrogens (tertiary/aromatic N) is 3. The number of aryl methyl sites for hydroxylation is 1. The SMILES string of the molecule is CCn1c(SCC(=O)Nc2ccccc2)nnc1-c1ccc(C)c(Cl)c1. The zero-order valence-electron chi connectivity index (χ0n) is 14.6.